The van der Waals surface area contributed by atoms with Crippen molar-refractivity contribution in [3.63, 3.8) is 0 Å². The number of nitrogens with one attached hydrogen (secondary N) is 1. The lowest BCUT2D eigenvalue weighted by molar-refractivity contribution is -0.117. The Balaban J connectivity index is 2.67. The molecule has 1 amide bonds. The Morgan fingerprint density at radius 3 is 2.68 bits per heavy atom. The molecule has 0 saturated heterocycles. The van der Waals surface area contributed by atoms with Crippen LogP contribution in [0.4, 0.5) is 5.69 Å². The van der Waals surface area contributed by atoms with E-state index in [-0.39, 0.29) is 5.91 Å². The van der Waals surface area contributed by atoms with Gasteiger partial charge in [0.25, 0.3) is 0 Å². The minimum absolute atomic E-state index is 0.166. The Hall–Kier alpha value is -1.55. The zero-order chi connectivity index (χ0) is 14.3. The number of carbonyl (C=O) groups is 1. The summed E-state index contributed by atoms with van der Waals surface area (Å²) in [5.74, 6) is 0.919. The Kier molecular flexibility index (Phi) is 6.36. The second kappa shape index (κ2) is 7.79. The molecule has 0 fully saturated rings. The van der Waals surface area contributed by atoms with Crippen LogP contribution in [0.3, 0.4) is 0 Å². The van der Waals surface area contributed by atoms with Gasteiger partial charge in [-0.2, -0.15) is 0 Å². The van der Waals surface area contributed by atoms with Crippen LogP contribution in [0.2, 0.25) is 0 Å². The van der Waals surface area contributed by atoms with Crippen molar-refractivity contribution in [3.8, 4) is 5.75 Å². The first-order chi connectivity index (χ1) is 9.04. The third-order valence-corrected chi connectivity index (χ3v) is 2.67. The largest absolute Gasteiger partial charge is 0.491 e. The monoisotopic (exact) mass is 264 g/mol. The average Bonchev–Trinajstić information content (AvgIpc) is 2.36. The minimum Gasteiger partial charge on any atom is -0.491 e. The van der Waals surface area contributed by atoms with E-state index in [9.17, 15) is 4.79 Å². The van der Waals surface area contributed by atoms with Crippen molar-refractivity contribution in [1.82, 2.24) is 0 Å². The van der Waals surface area contributed by atoms with Crippen molar-refractivity contribution in [2.24, 2.45) is 11.7 Å². The maximum atomic E-state index is 12.0. The molecule has 0 saturated carbocycles. The summed E-state index contributed by atoms with van der Waals surface area (Å²) in [5, 5.41) is 2.84. The van der Waals surface area contributed by atoms with Crippen molar-refractivity contribution in [3.05, 3.63) is 24.3 Å². The molecule has 0 aliphatic rings. The van der Waals surface area contributed by atoms with Gasteiger partial charge in [0.15, 0.2) is 0 Å². The van der Waals surface area contributed by atoms with E-state index in [0.717, 1.165) is 6.42 Å². The first-order valence-electron chi connectivity index (χ1n) is 6.82. The zero-order valence-electron chi connectivity index (χ0n) is 12.0. The standard InChI is InChI=1S/C15H24N2O2/c1-4-9-19-14-8-6-5-7-13(14)17-15(18)12(16)10-11(2)3/h5-8,11-12H,4,9-10,16H2,1-3H3,(H,17,18). The van der Waals surface area contributed by atoms with E-state index in [4.69, 9.17) is 10.5 Å². The average molecular weight is 264 g/mol. The summed E-state index contributed by atoms with van der Waals surface area (Å²) >= 11 is 0. The Bertz CT molecular complexity index is 405. The van der Waals surface area contributed by atoms with E-state index in [2.05, 4.69) is 5.32 Å². The van der Waals surface area contributed by atoms with Gasteiger partial charge < -0.3 is 15.8 Å². The van der Waals surface area contributed by atoms with Crippen molar-refractivity contribution >= 4 is 11.6 Å². The molecule has 4 heteroatoms. The topological polar surface area (TPSA) is 64.3 Å². The van der Waals surface area contributed by atoms with Gasteiger partial charge in [0.05, 0.1) is 18.3 Å². The predicted molar refractivity (Wildman–Crippen MR) is 78.3 cm³/mol. The molecule has 1 atom stereocenters. The van der Waals surface area contributed by atoms with Crippen LogP contribution in [0.1, 0.15) is 33.6 Å². The summed E-state index contributed by atoms with van der Waals surface area (Å²) in [7, 11) is 0. The van der Waals surface area contributed by atoms with Crippen LogP contribution >= 0.6 is 0 Å². The maximum absolute atomic E-state index is 12.0. The number of hydrogen-bond donors (Lipinski definition) is 2. The van der Waals surface area contributed by atoms with E-state index in [1.54, 1.807) is 0 Å². The quantitative estimate of drug-likeness (QED) is 0.796. The minimum atomic E-state index is -0.487. The summed E-state index contributed by atoms with van der Waals surface area (Å²) in [5.41, 5.74) is 6.54. The van der Waals surface area contributed by atoms with Crippen molar-refractivity contribution < 1.29 is 9.53 Å². The van der Waals surface area contributed by atoms with Crippen LogP contribution in [0.5, 0.6) is 5.75 Å². The van der Waals surface area contributed by atoms with Gasteiger partial charge in [-0.25, -0.2) is 0 Å². The maximum Gasteiger partial charge on any atom is 0.241 e. The zero-order valence-corrected chi connectivity index (χ0v) is 12.0. The van der Waals surface area contributed by atoms with Crippen LogP contribution in [-0.2, 0) is 4.79 Å². The molecule has 1 unspecified atom stereocenters. The van der Waals surface area contributed by atoms with Gasteiger partial charge in [-0.15, -0.1) is 0 Å². The Labute approximate surface area is 115 Å². The molecule has 1 aromatic carbocycles. The van der Waals surface area contributed by atoms with Crippen molar-refractivity contribution in [2.75, 3.05) is 11.9 Å². The van der Waals surface area contributed by atoms with Gasteiger partial charge in [0, 0.05) is 0 Å². The summed E-state index contributed by atoms with van der Waals surface area (Å²) in [4.78, 5) is 12.0. The molecule has 19 heavy (non-hydrogen) atoms. The lowest BCUT2D eigenvalue weighted by Gasteiger charge is -2.16. The fraction of sp³-hybridized carbons (Fsp3) is 0.533. The fourth-order valence-corrected chi connectivity index (χ4v) is 1.75. The molecule has 1 aromatic rings. The summed E-state index contributed by atoms with van der Waals surface area (Å²) in [6.07, 6.45) is 1.60. The molecular weight excluding hydrogens is 240 g/mol. The number of hydrogen-bond acceptors (Lipinski definition) is 3. The van der Waals surface area contributed by atoms with Gasteiger partial charge in [-0.05, 0) is 30.9 Å². The molecule has 0 aliphatic carbocycles. The number of rotatable bonds is 7. The predicted octanol–water partition coefficient (Wildman–Crippen LogP) is 2.79. The molecule has 0 aliphatic heterocycles. The molecule has 1 rings (SSSR count). The molecule has 0 aromatic heterocycles. The number of ether oxygens (including phenoxy) is 1. The third-order valence-electron chi connectivity index (χ3n) is 2.67. The SMILES string of the molecule is CCCOc1ccccc1NC(=O)C(N)CC(C)C. The number of anilines is 1. The number of carbonyl (C=O) groups excluding carboxylic acids is 1. The highest BCUT2D eigenvalue weighted by Gasteiger charge is 2.16. The van der Waals surface area contributed by atoms with Gasteiger partial charge in [0.1, 0.15) is 5.75 Å². The van der Waals surface area contributed by atoms with Crippen LogP contribution in [0, 0.1) is 5.92 Å². The summed E-state index contributed by atoms with van der Waals surface area (Å²) < 4.78 is 5.59. The second-order valence-corrected chi connectivity index (χ2v) is 5.07. The summed E-state index contributed by atoms with van der Waals surface area (Å²) in [6.45, 7) is 6.77. The second-order valence-electron chi connectivity index (χ2n) is 5.07. The van der Waals surface area contributed by atoms with Crippen LogP contribution in [0.25, 0.3) is 0 Å². The molecule has 0 radical (unpaired) electrons. The van der Waals surface area contributed by atoms with Gasteiger partial charge >= 0.3 is 0 Å². The number of para-hydroxylation sites is 2. The third kappa shape index (κ3) is 5.30. The van der Waals surface area contributed by atoms with Crippen LogP contribution in [-0.4, -0.2) is 18.6 Å². The molecule has 4 nitrogen and oxygen atoms in total. The van der Waals surface area contributed by atoms with Crippen LogP contribution < -0.4 is 15.8 Å². The van der Waals surface area contributed by atoms with Gasteiger partial charge in [0.2, 0.25) is 5.91 Å². The van der Waals surface area contributed by atoms with E-state index >= 15 is 0 Å². The highest BCUT2D eigenvalue weighted by Crippen LogP contribution is 2.24. The van der Waals surface area contributed by atoms with Crippen molar-refractivity contribution in [2.45, 2.75) is 39.7 Å². The first kappa shape index (κ1) is 15.5. The lowest BCUT2D eigenvalue weighted by Crippen LogP contribution is -2.36. The smallest absolute Gasteiger partial charge is 0.241 e. The van der Waals surface area contributed by atoms with Gasteiger partial charge in [-0.3, -0.25) is 4.79 Å². The molecule has 0 heterocycles. The molecule has 0 bridgehead atoms. The first-order valence-corrected chi connectivity index (χ1v) is 6.82. The highest BCUT2D eigenvalue weighted by atomic mass is 16.5. The fourth-order valence-electron chi connectivity index (χ4n) is 1.75. The Morgan fingerprint density at radius 1 is 1.37 bits per heavy atom. The Morgan fingerprint density at radius 2 is 2.05 bits per heavy atom. The van der Waals surface area contributed by atoms with Crippen molar-refractivity contribution in [1.29, 1.82) is 0 Å². The number of nitrogens with two attached hydrogens (primary N) is 1. The molecule has 0 spiro atoms. The molecule has 3 N–H and O–H groups in total. The molecule has 106 valence electrons. The highest BCUT2D eigenvalue weighted by molar-refractivity contribution is 5.95. The van der Waals surface area contributed by atoms with E-state index in [0.29, 0.717) is 30.4 Å². The van der Waals surface area contributed by atoms with Gasteiger partial charge in [-0.1, -0.05) is 32.9 Å². The summed E-state index contributed by atoms with van der Waals surface area (Å²) in [6, 6.07) is 6.93. The number of amides is 1. The van der Waals surface area contributed by atoms with E-state index in [1.165, 1.54) is 0 Å². The molecular formula is C15H24N2O2. The van der Waals surface area contributed by atoms with E-state index in [1.807, 2.05) is 45.0 Å². The van der Waals surface area contributed by atoms with Crippen LogP contribution in [0.15, 0.2) is 24.3 Å². The van der Waals surface area contributed by atoms with E-state index < -0.39 is 6.04 Å². The normalized spacial score (nSPS) is 12.3. The number of benzene rings is 1. The lowest BCUT2D eigenvalue weighted by atomic mass is 10.0.